The molecule has 22 heavy (non-hydrogen) atoms. The van der Waals surface area contributed by atoms with E-state index in [1.165, 1.54) is 5.56 Å². The Balaban J connectivity index is 1.91. The van der Waals surface area contributed by atoms with Crippen molar-refractivity contribution in [3.05, 3.63) is 42.0 Å². The van der Waals surface area contributed by atoms with Crippen molar-refractivity contribution in [1.82, 2.24) is 5.32 Å². The summed E-state index contributed by atoms with van der Waals surface area (Å²) in [6.45, 7) is 4.33. The van der Waals surface area contributed by atoms with Crippen molar-refractivity contribution in [2.45, 2.75) is 19.9 Å². The molecule has 0 radical (unpaired) electrons. The van der Waals surface area contributed by atoms with Crippen molar-refractivity contribution in [1.29, 1.82) is 0 Å². The minimum absolute atomic E-state index is 0.267. The summed E-state index contributed by atoms with van der Waals surface area (Å²) in [5, 5.41) is 3.42. The van der Waals surface area contributed by atoms with Gasteiger partial charge in [0.25, 0.3) is 0 Å². The summed E-state index contributed by atoms with van der Waals surface area (Å²) in [5.41, 5.74) is 3.39. The van der Waals surface area contributed by atoms with Gasteiger partial charge >= 0.3 is 0 Å². The SMILES string of the molecule is CCCNCc1cccc(-c2cc3c(cc2OC)OCO3)c1. The van der Waals surface area contributed by atoms with Crippen molar-refractivity contribution in [2.75, 3.05) is 20.4 Å². The van der Waals surface area contributed by atoms with E-state index in [9.17, 15) is 0 Å². The van der Waals surface area contributed by atoms with Crippen LogP contribution in [0.15, 0.2) is 36.4 Å². The summed E-state index contributed by atoms with van der Waals surface area (Å²) in [6.07, 6.45) is 1.13. The second kappa shape index (κ2) is 6.71. The van der Waals surface area contributed by atoms with E-state index in [4.69, 9.17) is 14.2 Å². The summed E-state index contributed by atoms with van der Waals surface area (Å²) in [6, 6.07) is 12.3. The Morgan fingerprint density at radius 1 is 1.14 bits per heavy atom. The lowest BCUT2D eigenvalue weighted by Gasteiger charge is -2.11. The molecule has 1 N–H and O–H groups in total. The summed E-state index contributed by atoms with van der Waals surface area (Å²) in [4.78, 5) is 0. The van der Waals surface area contributed by atoms with Crippen LogP contribution in [-0.4, -0.2) is 20.4 Å². The third kappa shape index (κ3) is 3.02. The molecule has 4 heteroatoms. The van der Waals surface area contributed by atoms with Crippen LogP contribution in [0.25, 0.3) is 11.1 Å². The molecule has 0 spiro atoms. The molecule has 0 bridgehead atoms. The van der Waals surface area contributed by atoms with Gasteiger partial charge in [0.2, 0.25) is 6.79 Å². The predicted octanol–water partition coefficient (Wildman–Crippen LogP) is 3.59. The zero-order valence-electron chi connectivity index (χ0n) is 13.0. The van der Waals surface area contributed by atoms with E-state index in [1.807, 2.05) is 12.1 Å². The quantitative estimate of drug-likeness (QED) is 0.827. The second-order valence-electron chi connectivity index (χ2n) is 5.28. The Bertz CT molecular complexity index is 655. The summed E-state index contributed by atoms with van der Waals surface area (Å²) < 4.78 is 16.4. The number of hydrogen-bond acceptors (Lipinski definition) is 4. The number of fused-ring (bicyclic) bond motifs is 1. The fraction of sp³-hybridized carbons (Fsp3) is 0.333. The largest absolute Gasteiger partial charge is 0.496 e. The lowest BCUT2D eigenvalue weighted by molar-refractivity contribution is 0.174. The molecule has 1 aliphatic rings. The summed E-state index contributed by atoms with van der Waals surface area (Å²) in [5.74, 6) is 2.30. The molecule has 0 unspecified atom stereocenters. The number of hydrogen-bond donors (Lipinski definition) is 1. The van der Waals surface area contributed by atoms with E-state index in [-0.39, 0.29) is 6.79 Å². The van der Waals surface area contributed by atoms with Crippen LogP contribution in [0.2, 0.25) is 0 Å². The maximum atomic E-state index is 5.51. The van der Waals surface area contributed by atoms with Crippen LogP contribution in [0.4, 0.5) is 0 Å². The highest BCUT2D eigenvalue weighted by molar-refractivity contribution is 5.75. The number of nitrogens with one attached hydrogen (secondary N) is 1. The first kappa shape index (κ1) is 14.7. The zero-order valence-corrected chi connectivity index (χ0v) is 13.0. The van der Waals surface area contributed by atoms with Crippen LogP contribution in [0.5, 0.6) is 17.2 Å². The van der Waals surface area contributed by atoms with Crippen molar-refractivity contribution < 1.29 is 14.2 Å². The predicted molar refractivity (Wildman–Crippen MR) is 86.6 cm³/mol. The normalized spacial score (nSPS) is 12.5. The molecule has 0 saturated heterocycles. The van der Waals surface area contributed by atoms with E-state index < -0.39 is 0 Å². The van der Waals surface area contributed by atoms with Crippen LogP contribution in [-0.2, 0) is 6.54 Å². The van der Waals surface area contributed by atoms with E-state index in [0.717, 1.165) is 47.9 Å². The number of rotatable bonds is 6. The second-order valence-corrected chi connectivity index (χ2v) is 5.28. The summed E-state index contributed by atoms with van der Waals surface area (Å²) >= 11 is 0. The van der Waals surface area contributed by atoms with Gasteiger partial charge in [0.1, 0.15) is 5.75 Å². The molecule has 4 nitrogen and oxygen atoms in total. The first-order chi connectivity index (χ1) is 10.8. The first-order valence-corrected chi connectivity index (χ1v) is 7.59. The molecule has 0 saturated carbocycles. The van der Waals surface area contributed by atoms with Crippen molar-refractivity contribution in [3.8, 4) is 28.4 Å². The molecular formula is C18H21NO3. The van der Waals surface area contributed by atoms with Gasteiger partial charge in [-0.05, 0) is 36.2 Å². The van der Waals surface area contributed by atoms with E-state index in [0.29, 0.717) is 0 Å². The highest BCUT2D eigenvalue weighted by Crippen LogP contribution is 2.42. The van der Waals surface area contributed by atoms with Crippen molar-refractivity contribution in [2.24, 2.45) is 0 Å². The molecule has 2 aromatic carbocycles. The van der Waals surface area contributed by atoms with Crippen LogP contribution >= 0.6 is 0 Å². The van der Waals surface area contributed by atoms with E-state index >= 15 is 0 Å². The third-order valence-electron chi connectivity index (χ3n) is 3.69. The van der Waals surface area contributed by atoms with Gasteiger partial charge in [-0.2, -0.15) is 0 Å². The van der Waals surface area contributed by atoms with Gasteiger partial charge < -0.3 is 19.5 Å². The maximum Gasteiger partial charge on any atom is 0.231 e. The Kier molecular flexibility index (Phi) is 4.49. The lowest BCUT2D eigenvalue weighted by atomic mass is 10.0. The van der Waals surface area contributed by atoms with Gasteiger partial charge in [-0.3, -0.25) is 0 Å². The lowest BCUT2D eigenvalue weighted by Crippen LogP contribution is -2.13. The maximum absolute atomic E-state index is 5.51. The molecule has 116 valence electrons. The van der Waals surface area contributed by atoms with Gasteiger partial charge in [-0.25, -0.2) is 0 Å². The smallest absolute Gasteiger partial charge is 0.231 e. The number of methoxy groups -OCH3 is 1. The monoisotopic (exact) mass is 299 g/mol. The van der Waals surface area contributed by atoms with Gasteiger partial charge in [0, 0.05) is 18.2 Å². The van der Waals surface area contributed by atoms with Gasteiger partial charge in [0.15, 0.2) is 11.5 Å². The Hall–Kier alpha value is -2.20. The van der Waals surface area contributed by atoms with Gasteiger partial charge in [-0.1, -0.05) is 25.1 Å². The Morgan fingerprint density at radius 2 is 1.95 bits per heavy atom. The molecule has 1 heterocycles. The van der Waals surface area contributed by atoms with Crippen molar-refractivity contribution in [3.63, 3.8) is 0 Å². The molecular weight excluding hydrogens is 278 g/mol. The van der Waals surface area contributed by atoms with E-state index in [2.05, 4.69) is 36.5 Å². The molecule has 0 fully saturated rings. The Labute approximate surface area is 131 Å². The molecule has 2 aromatic rings. The van der Waals surface area contributed by atoms with Crippen molar-refractivity contribution >= 4 is 0 Å². The van der Waals surface area contributed by atoms with Crippen LogP contribution < -0.4 is 19.5 Å². The highest BCUT2D eigenvalue weighted by atomic mass is 16.7. The minimum Gasteiger partial charge on any atom is -0.496 e. The van der Waals surface area contributed by atoms with Gasteiger partial charge in [0.05, 0.1) is 7.11 Å². The Morgan fingerprint density at radius 3 is 2.73 bits per heavy atom. The fourth-order valence-corrected chi connectivity index (χ4v) is 2.58. The molecule has 0 aliphatic carbocycles. The van der Waals surface area contributed by atoms with Crippen LogP contribution in [0, 0.1) is 0 Å². The molecule has 0 amide bonds. The number of ether oxygens (including phenoxy) is 3. The highest BCUT2D eigenvalue weighted by Gasteiger charge is 2.18. The molecule has 3 rings (SSSR count). The van der Waals surface area contributed by atoms with Gasteiger partial charge in [-0.15, -0.1) is 0 Å². The van der Waals surface area contributed by atoms with Crippen LogP contribution in [0.1, 0.15) is 18.9 Å². The third-order valence-corrected chi connectivity index (χ3v) is 3.69. The minimum atomic E-state index is 0.267. The van der Waals surface area contributed by atoms with Crippen LogP contribution in [0.3, 0.4) is 0 Å². The zero-order chi connectivity index (χ0) is 15.4. The topological polar surface area (TPSA) is 39.7 Å². The molecule has 0 atom stereocenters. The first-order valence-electron chi connectivity index (χ1n) is 7.59. The summed E-state index contributed by atoms with van der Waals surface area (Å²) in [7, 11) is 1.67. The average molecular weight is 299 g/mol. The number of benzene rings is 2. The molecule has 0 aromatic heterocycles. The van der Waals surface area contributed by atoms with E-state index in [1.54, 1.807) is 7.11 Å². The average Bonchev–Trinajstić information content (AvgIpc) is 3.01. The fourth-order valence-electron chi connectivity index (χ4n) is 2.58. The standard InChI is InChI=1S/C18H21NO3/c1-3-7-19-11-13-5-4-6-14(8-13)15-9-17-18(22-12-21-17)10-16(15)20-2/h4-6,8-10,19H,3,7,11-12H2,1-2H3. The molecule has 1 aliphatic heterocycles.